The van der Waals surface area contributed by atoms with Crippen LogP contribution in [0, 0.1) is 0 Å². The van der Waals surface area contributed by atoms with Gasteiger partial charge in [0, 0.05) is 23.2 Å². The fourth-order valence-electron chi connectivity index (χ4n) is 2.02. The molecule has 20 heavy (non-hydrogen) atoms. The van der Waals surface area contributed by atoms with E-state index in [4.69, 9.17) is 11.6 Å². The number of carbonyl (C=O) groups is 2. The summed E-state index contributed by atoms with van der Waals surface area (Å²) in [5.74, 6) is -0.247. The number of rotatable bonds is 3. The predicted octanol–water partition coefficient (Wildman–Crippen LogP) is 3.45. The summed E-state index contributed by atoms with van der Waals surface area (Å²) in [4.78, 5) is 24.6. The molecule has 0 spiro atoms. The number of carbonyl (C=O) groups excluding carboxylic acids is 2. The molecule has 2 aromatic rings. The van der Waals surface area contributed by atoms with Crippen LogP contribution in [0.15, 0.2) is 47.5 Å². The largest absolute Gasteiger partial charge is 0.378 e. The lowest BCUT2D eigenvalue weighted by atomic mass is 10.0. The molecular weight excluding hydrogens is 294 g/mol. The van der Waals surface area contributed by atoms with E-state index in [0.29, 0.717) is 27.7 Å². The van der Waals surface area contributed by atoms with Crippen molar-refractivity contribution in [2.45, 2.75) is 6.54 Å². The summed E-state index contributed by atoms with van der Waals surface area (Å²) < 4.78 is 0. The van der Waals surface area contributed by atoms with Crippen LogP contribution in [0.25, 0.3) is 0 Å². The van der Waals surface area contributed by atoms with E-state index in [1.165, 1.54) is 17.4 Å². The Morgan fingerprint density at radius 2 is 1.85 bits per heavy atom. The molecule has 1 N–H and O–H groups in total. The van der Waals surface area contributed by atoms with Crippen LogP contribution in [0.1, 0.15) is 25.6 Å². The molecule has 0 unspecified atom stereocenters. The summed E-state index contributed by atoms with van der Waals surface area (Å²) in [6, 6.07) is 9.02. The van der Waals surface area contributed by atoms with Gasteiger partial charge in [0.2, 0.25) is 5.78 Å². The minimum absolute atomic E-state index is 0.117. The van der Waals surface area contributed by atoms with Gasteiger partial charge in [0.25, 0.3) is 0 Å². The molecule has 1 aliphatic carbocycles. The molecule has 0 saturated heterocycles. The van der Waals surface area contributed by atoms with Gasteiger partial charge in [0.1, 0.15) is 0 Å². The molecule has 100 valence electrons. The van der Waals surface area contributed by atoms with Crippen molar-refractivity contribution in [3.05, 3.63) is 68.5 Å². The molecule has 1 heterocycles. The lowest BCUT2D eigenvalue weighted by molar-refractivity contribution is 0.0981. The van der Waals surface area contributed by atoms with Gasteiger partial charge in [-0.25, -0.2) is 0 Å². The van der Waals surface area contributed by atoms with Gasteiger partial charge in [-0.05, 0) is 29.1 Å². The second-order valence-electron chi connectivity index (χ2n) is 4.39. The van der Waals surface area contributed by atoms with Gasteiger partial charge >= 0.3 is 0 Å². The quantitative estimate of drug-likeness (QED) is 0.944. The third-order valence-electron chi connectivity index (χ3n) is 3.05. The minimum Gasteiger partial charge on any atom is -0.378 e. The Bertz CT molecular complexity index is 716. The normalized spacial score (nSPS) is 13.9. The summed E-state index contributed by atoms with van der Waals surface area (Å²) in [5.41, 5.74) is 1.82. The first-order valence-electron chi connectivity index (χ1n) is 6.01. The molecule has 0 radical (unpaired) electrons. The standard InChI is InChI=1S/C15H10ClNO2S/c16-10-3-1-9(2-4-10)8-17-12-7-13(18)15-11(14(12)19)5-6-20-15/h1-7,17H,8H2. The Hall–Kier alpha value is -1.91. The highest BCUT2D eigenvalue weighted by Crippen LogP contribution is 2.25. The van der Waals surface area contributed by atoms with E-state index >= 15 is 0 Å². The Morgan fingerprint density at radius 1 is 1.10 bits per heavy atom. The molecular formula is C15H10ClNO2S. The second-order valence-corrected chi connectivity index (χ2v) is 5.75. The minimum atomic E-state index is -0.130. The lowest BCUT2D eigenvalue weighted by Gasteiger charge is -2.14. The molecule has 0 saturated carbocycles. The van der Waals surface area contributed by atoms with E-state index in [0.717, 1.165) is 5.56 Å². The molecule has 1 aromatic carbocycles. The fourth-order valence-corrected chi connectivity index (χ4v) is 2.95. The molecule has 0 amide bonds. The van der Waals surface area contributed by atoms with Crippen molar-refractivity contribution in [2.24, 2.45) is 0 Å². The van der Waals surface area contributed by atoms with Crippen LogP contribution in [0.3, 0.4) is 0 Å². The molecule has 0 fully saturated rings. The van der Waals surface area contributed by atoms with E-state index in [9.17, 15) is 9.59 Å². The highest BCUT2D eigenvalue weighted by Gasteiger charge is 2.26. The zero-order valence-electron chi connectivity index (χ0n) is 10.4. The smallest absolute Gasteiger partial charge is 0.210 e. The van der Waals surface area contributed by atoms with Gasteiger partial charge in [0.15, 0.2) is 5.78 Å². The number of Topliss-reactive ketones (excluding diaryl/α,β-unsaturated/α-hetero) is 1. The molecule has 1 aromatic heterocycles. The van der Waals surface area contributed by atoms with Gasteiger partial charge in [0.05, 0.1) is 10.6 Å². The molecule has 5 heteroatoms. The van der Waals surface area contributed by atoms with E-state index in [1.807, 2.05) is 12.1 Å². The third-order valence-corrected chi connectivity index (χ3v) is 4.23. The molecule has 0 aliphatic heterocycles. The lowest BCUT2D eigenvalue weighted by Crippen LogP contribution is -2.25. The van der Waals surface area contributed by atoms with E-state index in [1.54, 1.807) is 23.6 Å². The Labute approximate surface area is 124 Å². The van der Waals surface area contributed by atoms with E-state index < -0.39 is 0 Å². The van der Waals surface area contributed by atoms with Gasteiger partial charge in [-0.2, -0.15) is 0 Å². The van der Waals surface area contributed by atoms with Crippen LogP contribution < -0.4 is 5.32 Å². The maximum absolute atomic E-state index is 12.2. The van der Waals surface area contributed by atoms with Crippen LogP contribution >= 0.6 is 22.9 Å². The second kappa shape index (κ2) is 5.23. The van der Waals surface area contributed by atoms with Gasteiger partial charge in [-0.15, -0.1) is 11.3 Å². The van der Waals surface area contributed by atoms with Crippen molar-refractivity contribution in [3.8, 4) is 0 Å². The Kier molecular flexibility index (Phi) is 3.42. The van der Waals surface area contributed by atoms with Crippen molar-refractivity contribution in [3.63, 3.8) is 0 Å². The van der Waals surface area contributed by atoms with Crippen molar-refractivity contribution < 1.29 is 9.59 Å². The van der Waals surface area contributed by atoms with Crippen LogP contribution in [-0.4, -0.2) is 11.6 Å². The highest BCUT2D eigenvalue weighted by atomic mass is 35.5. The van der Waals surface area contributed by atoms with Crippen LogP contribution in [0.5, 0.6) is 0 Å². The topological polar surface area (TPSA) is 46.2 Å². The number of allylic oxidation sites excluding steroid dienone is 2. The van der Waals surface area contributed by atoms with Crippen molar-refractivity contribution >= 4 is 34.5 Å². The molecule has 1 aliphatic rings. The molecule has 3 rings (SSSR count). The number of ketones is 2. The number of hydrogen-bond acceptors (Lipinski definition) is 4. The van der Waals surface area contributed by atoms with Crippen molar-refractivity contribution in [2.75, 3.05) is 0 Å². The average molecular weight is 304 g/mol. The number of hydrogen-bond donors (Lipinski definition) is 1. The maximum Gasteiger partial charge on any atom is 0.210 e. The first-order chi connectivity index (χ1) is 9.65. The monoisotopic (exact) mass is 303 g/mol. The summed E-state index contributed by atoms with van der Waals surface area (Å²) in [7, 11) is 0. The first kappa shape index (κ1) is 13.1. The maximum atomic E-state index is 12.2. The van der Waals surface area contributed by atoms with Gasteiger partial charge in [-0.3, -0.25) is 9.59 Å². The average Bonchev–Trinajstić information content (AvgIpc) is 2.93. The molecule has 3 nitrogen and oxygen atoms in total. The van der Waals surface area contributed by atoms with Gasteiger partial charge in [-0.1, -0.05) is 23.7 Å². The zero-order valence-corrected chi connectivity index (χ0v) is 11.9. The Morgan fingerprint density at radius 3 is 2.60 bits per heavy atom. The summed E-state index contributed by atoms with van der Waals surface area (Å²) in [5, 5.41) is 5.45. The van der Waals surface area contributed by atoms with E-state index in [-0.39, 0.29) is 11.6 Å². The number of halogens is 1. The summed E-state index contributed by atoms with van der Waals surface area (Å²) >= 11 is 7.12. The van der Waals surface area contributed by atoms with Crippen molar-refractivity contribution in [1.82, 2.24) is 5.32 Å². The fraction of sp³-hybridized carbons (Fsp3) is 0.0667. The van der Waals surface area contributed by atoms with Crippen LogP contribution in [-0.2, 0) is 6.54 Å². The predicted molar refractivity (Wildman–Crippen MR) is 79.4 cm³/mol. The van der Waals surface area contributed by atoms with Gasteiger partial charge < -0.3 is 5.32 Å². The number of fused-ring (bicyclic) bond motifs is 1. The highest BCUT2D eigenvalue weighted by molar-refractivity contribution is 7.12. The first-order valence-corrected chi connectivity index (χ1v) is 7.27. The molecule has 0 bridgehead atoms. The number of benzene rings is 1. The van der Waals surface area contributed by atoms with E-state index in [2.05, 4.69) is 5.32 Å². The summed E-state index contributed by atoms with van der Waals surface area (Å²) in [6.45, 7) is 0.474. The molecule has 0 atom stereocenters. The SMILES string of the molecule is O=C1C(NCc2ccc(Cl)cc2)=CC(=O)c2sccc21. The summed E-state index contributed by atoms with van der Waals surface area (Å²) in [6.07, 6.45) is 1.37. The third kappa shape index (κ3) is 2.40. The Balaban J connectivity index is 1.77. The van der Waals surface area contributed by atoms with Crippen LogP contribution in [0.4, 0.5) is 0 Å². The van der Waals surface area contributed by atoms with Crippen molar-refractivity contribution in [1.29, 1.82) is 0 Å². The zero-order chi connectivity index (χ0) is 14.1. The van der Waals surface area contributed by atoms with Crippen LogP contribution in [0.2, 0.25) is 5.02 Å². The number of thiophene rings is 1. The number of nitrogens with one attached hydrogen (secondary N) is 1.